The minimum atomic E-state index is 0.397. The van der Waals surface area contributed by atoms with E-state index in [9.17, 15) is 0 Å². The first-order chi connectivity index (χ1) is 18.8. The summed E-state index contributed by atoms with van der Waals surface area (Å²) in [4.78, 5) is 19.3. The summed E-state index contributed by atoms with van der Waals surface area (Å²) >= 11 is 0. The van der Waals surface area contributed by atoms with E-state index in [0.29, 0.717) is 24.3 Å². The molecule has 3 aromatic heterocycles. The molecule has 0 bridgehead atoms. The Labute approximate surface area is 225 Å². The average Bonchev–Trinajstić information content (AvgIpc) is 3.49. The van der Waals surface area contributed by atoms with Crippen LogP contribution in [0.4, 0.5) is 11.4 Å². The van der Waals surface area contributed by atoms with Crippen LogP contribution >= 0.6 is 0 Å². The highest BCUT2D eigenvalue weighted by Crippen LogP contribution is 2.38. The fourth-order valence-corrected chi connectivity index (χ4v) is 6.22. The number of piperidine rings is 1. The molecule has 0 atom stereocenters. The molecule has 3 aliphatic rings. The van der Waals surface area contributed by atoms with Gasteiger partial charge in [-0.1, -0.05) is 0 Å². The Balaban J connectivity index is 1.21. The van der Waals surface area contributed by atoms with Crippen LogP contribution in [0.2, 0.25) is 0 Å². The molecule has 0 aromatic carbocycles. The molecular weight excluding hydrogens is 476 g/mol. The largest absolute Gasteiger partial charge is 0.488 e. The topological polar surface area (TPSA) is 75.6 Å². The molecule has 1 aliphatic carbocycles. The molecule has 5 heterocycles. The molecule has 8 nitrogen and oxygen atoms in total. The van der Waals surface area contributed by atoms with Crippen molar-refractivity contribution in [3.8, 4) is 11.6 Å². The first kappa shape index (κ1) is 25.2. The number of methoxy groups -OCH3 is 1. The predicted molar refractivity (Wildman–Crippen MR) is 152 cm³/mol. The Bertz CT molecular complexity index is 1220. The van der Waals surface area contributed by atoms with Crippen LogP contribution in [0.1, 0.15) is 56.2 Å². The quantitative estimate of drug-likeness (QED) is 0.404. The highest BCUT2D eigenvalue weighted by atomic mass is 16.5. The molecule has 2 saturated heterocycles. The molecule has 38 heavy (non-hydrogen) atoms. The summed E-state index contributed by atoms with van der Waals surface area (Å²) in [5.74, 6) is 1.24. The van der Waals surface area contributed by atoms with Crippen LogP contribution in [0.3, 0.4) is 0 Å². The lowest BCUT2D eigenvalue weighted by atomic mass is 9.93. The lowest BCUT2D eigenvalue weighted by molar-refractivity contribution is 0.252. The van der Waals surface area contributed by atoms with Gasteiger partial charge >= 0.3 is 0 Å². The summed E-state index contributed by atoms with van der Waals surface area (Å²) in [5.41, 5.74) is 6.72. The number of pyridine rings is 3. The van der Waals surface area contributed by atoms with E-state index in [4.69, 9.17) is 19.4 Å². The second kappa shape index (κ2) is 11.7. The molecular formula is C30H40N6O2. The van der Waals surface area contributed by atoms with E-state index in [2.05, 4.69) is 26.2 Å². The van der Waals surface area contributed by atoms with Gasteiger partial charge < -0.3 is 24.6 Å². The van der Waals surface area contributed by atoms with Crippen LogP contribution in [0.25, 0.3) is 11.0 Å². The molecule has 3 aromatic rings. The zero-order valence-electron chi connectivity index (χ0n) is 22.6. The number of nitrogens with one attached hydrogen (secondary N) is 1. The average molecular weight is 517 g/mol. The highest BCUT2D eigenvalue weighted by molar-refractivity contribution is 5.91. The van der Waals surface area contributed by atoms with Crippen LogP contribution in [0.15, 0.2) is 30.6 Å². The van der Waals surface area contributed by atoms with Crippen LogP contribution in [0.5, 0.6) is 11.6 Å². The predicted octanol–water partition coefficient (Wildman–Crippen LogP) is 4.86. The Morgan fingerprint density at radius 2 is 1.87 bits per heavy atom. The molecule has 2 aliphatic heterocycles. The fourth-order valence-electron chi connectivity index (χ4n) is 6.22. The van der Waals surface area contributed by atoms with Gasteiger partial charge in [0.1, 0.15) is 5.52 Å². The third kappa shape index (κ3) is 5.51. The third-order valence-corrected chi connectivity index (χ3v) is 8.29. The zero-order chi connectivity index (χ0) is 25.7. The van der Waals surface area contributed by atoms with Crippen molar-refractivity contribution in [2.45, 2.75) is 63.8 Å². The standard InChI is InChI=1S/C30H40N6O2/c1-37-30-27(38-19-7-16-35-14-4-5-15-35)20-26-29(34-30)28(24-9-2-3-10-25(24)33-26)32-22-11-17-36(18-12-22)23-8-6-13-31-21-23/h6,8,13,20-22H,2-5,7,9-12,14-19H2,1H3,(H,32,33). The molecule has 8 heteroatoms. The maximum absolute atomic E-state index is 6.20. The van der Waals surface area contributed by atoms with Gasteiger partial charge in [0, 0.05) is 43.6 Å². The van der Waals surface area contributed by atoms with Crippen molar-refractivity contribution in [1.29, 1.82) is 0 Å². The van der Waals surface area contributed by atoms with Gasteiger partial charge in [-0.15, -0.1) is 0 Å². The maximum Gasteiger partial charge on any atom is 0.257 e. The molecule has 0 unspecified atom stereocenters. The number of nitrogens with zero attached hydrogens (tertiary/aromatic N) is 5. The smallest absolute Gasteiger partial charge is 0.257 e. The molecule has 0 radical (unpaired) electrons. The molecule has 0 amide bonds. The Hall–Kier alpha value is -3.13. The van der Waals surface area contributed by atoms with Crippen molar-refractivity contribution >= 4 is 22.4 Å². The molecule has 2 fully saturated rings. The first-order valence-corrected chi connectivity index (χ1v) is 14.5. The van der Waals surface area contributed by atoms with Crippen LogP contribution in [0, 0.1) is 0 Å². The number of fused-ring (bicyclic) bond motifs is 2. The summed E-state index contributed by atoms with van der Waals surface area (Å²) in [6.07, 6.45) is 14.0. The molecule has 6 rings (SSSR count). The van der Waals surface area contributed by atoms with Gasteiger partial charge in [-0.25, -0.2) is 4.98 Å². The summed E-state index contributed by atoms with van der Waals surface area (Å²) in [6.45, 7) is 6.21. The van der Waals surface area contributed by atoms with Gasteiger partial charge in [-0.05, 0) is 88.6 Å². The summed E-state index contributed by atoms with van der Waals surface area (Å²) < 4.78 is 11.9. The lowest BCUT2D eigenvalue weighted by Gasteiger charge is -2.35. The van der Waals surface area contributed by atoms with E-state index in [-0.39, 0.29) is 0 Å². The second-order valence-corrected chi connectivity index (χ2v) is 10.9. The Morgan fingerprint density at radius 3 is 2.66 bits per heavy atom. The van der Waals surface area contributed by atoms with Crippen molar-refractivity contribution in [3.63, 3.8) is 0 Å². The maximum atomic E-state index is 6.20. The monoisotopic (exact) mass is 516 g/mol. The number of likely N-dealkylation sites (tertiary alicyclic amines) is 1. The van der Waals surface area contributed by atoms with Gasteiger partial charge in [0.05, 0.1) is 36.8 Å². The van der Waals surface area contributed by atoms with E-state index >= 15 is 0 Å². The van der Waals surface area contributed by atoms with Crippen molar-refractivity contribution in [2.24, 2.45) is 0 Å². The Morgan fingerprint density at radius 1 is 1.03 bits per heavy atom. The van der Waals surface area contributed by atoms with Crippen molar-refractivity contribution in [1.82, 2.24) is 19.9 Å². The molecule has 0 spiro atoms. The molecule has 1 N–H and O–H groups in total. The highest BCUT2D eigenvalue weighted by Gasteiger charge is 2.25. The minimum absolute atomic E-state index is 0.397. The van der Waals surface area contributed by atoms with Gasteiger partial charge in [-0.2, -0.15) is 0 Å². The first-order valence-electron chi connectivity index (χ1n) is 14.5. The van der Waals surface area contributed by atoms with Crippen LogP contribution in [-0.4, -0.2) is 72.3 Å². The van der Waals surface area contributed by atoms with Crippen molar-refractivity contribution in [3.05, 3.63) is 41.9 Å². The SMILES string of the molecule is COc1nc2c(NC3CCN(c4cccnc4)CC3)c3c(nc2cc1OCCCN1CCCC1)CCCC3. The third-order valence-electron chi connectivity index (χ3n) is 8.29. The van der Waals surface area contributed by atoms with Crippen molar-refractivity contribution in [2.75, 3.05) is 56.7 Å². The number of aryl methyl sites for hydroxylation is 1. The number of hydrogen-bond acceptors (Lipinski definition) is 8. The van der Waals surface area contributed by atoms with Gasteiger partial charge in [0.15, 0.2) is 5.75 Å². The summed E-state index contributed by atoms with van der Waals surface area (Å²) in [5, 5.41) is 3.93. The molecule has 0 saturated carbocycles. The van der Waals surface area contributed by atoms with Crippen LogP contribution < -0.4 is 19.7 Å². The van der Waals surface area contributed by atoms with Crippen LogP contribution in [-0.2, 0) is 12.8 Å². The van der Waals surface area contributed by atoms with Gasteiger partial charge in [0.25, 0.3) is 5.88 Å². The van der Waals surface area contributed by atoms with E-state index in [1.165, 1.54) is 55.7 Å². The number of anilines is 2. The fraction of sp³-hybridized carbons (Fsp3) is 0.567. The van der Waals surface area contributed by atoms with E-state index < -0.39 is 0 Å². The second-order valence-electron chi connectivity index (χ2n) is 10.9. The van der Waals surface area contributed by atoms with Gasteiger partial charge in [-0.3, -0.25) is 9.97 Å². The minimum Gasteiger partial charge on any atom is -0.488 e. The molecule has 202 valence electrons. The number of aromatic nitrogens is 3. The number of ether oxygens (including phenoxy) is 2. The summed E-state index contributed by atoms with van der Waals surface area (Å²) in [7, 11) is 1.68. The summed E-state index contributed by atoms with van der Waals surface area (Å²) in [6, 6.07) is 6.60. The van der Waals surface area contributed by atoms with E-state index in [1.807, 2.05) is 24.5 Å². The number of rotatable bonds is 9. The lowest BCUT2D eigenvalue weighted by Crippen LogP contribution is -2.39. The zero-order valence-corrected chi connectivity index (χ0v) is 22.6. The van der Waals surface area contributed by atoms with Gasteiger partial charge in [0.2, 0.25) is 0 Å². The number of hydrogen-bond donors (Lipinski definition) is 1. The van der Waals surface area contributed by atoms with E-state index in [0.717, 1.165) is 68.5 Å². The Kier molecular flexibility index (Phi) is 7.76. The van der Waals surface area contributed by atoms with Crippen molar-refractivity contribution < 1.29 is 9.47 Å². The van der Waals surface area contributed by atoms with E-state index in [1.54, 1.807) is 7.11 Å². The normalized spacial score (nSPS) is 18.5.